The number of likely N-dealkylation sites (N-methyl/N-ethyl adjacent to an activating group) is 1. The molecule has 0 aromatic heterocycles. The van der Waals surface area contributed by atoms with Gasteiger partial charge in [0.1, 0.15) is 0 Å². The van der Waals surface area contributed by atoms with Crippen molar-refractivity contribution < 1.29 is 0 Å². The van der Waals surface area contributed by atoms with E-state index in [1.54, 1.807) is 0 Å². The molecular formula is C15H24N2. The van der Waals surface area contributed by atoms with E-state index in [-0.39, 0.29) is 0 Å². The Balaban J connectivity index is 2.07. The number of hydrogen-bond acceptors (Lipinski definition) is 2. The zero-order valence-corrected chi connectivity index (χ0v) is 11.2. The maximum Gasteiger partial charge on any atom is 0.0470 e. The van der Waals surface area contributed by atoms with E-state index in [0.717, 1.165) is 11.8 Å². The summed E-state index contributed by atoms with van der Waals surface area (Å²) in [6.45, 7) is 6.38. The number of aryl methyl sites for hydroxylation is 1. The minimum absolute atomic E-state index is 0.365. The molecule has 0 spiro atoms. The molecular weight excluding hydrogens is 208 g/mol. The van der Waals surface area contributed by atoms with Crippen LogP contribution < -0.4 is 5.73 Å². The third-order valence-corrected chi connectivity index (χ3v) is 4.10. The fourth-order valence-corrected chi connectivity index (χ4v) is 2.66. The first kappa shape index (κ1) is 12.6. The standard InChI is InChI=1S/C15H24N2/c1-11-6-4-5-7-14(11)15(9-16)17(3)10-13-8-12(13)2/h4-7,12-13,15H,8-10,16H2,1-3H3. The van der Waals surface area contributed by atoms with Crippen LogP contribution in [0.1, 0.15) is 30.5 Å². The van der Waals surface area contributed by atoms with E-state index in [0.29, 0.717) is 12.6 Å². The van der Waals surface area contributed by atoms with Crippen LogP contribution in [0.5, 0.6) is 0 Å². The second kappa shape index (κ2) is 5.19. The minimum atomic E-state index is 0.365. The Morgan fingerprint density at radius 1 is 1.41 bits per heavy atom. The molecule has 17 heavy (non-hydrogen) atoms. The normalized spacial score (nSPS) is 25.0. The quantitative estimate of drug-likeness (QED) is 0.845. The van der Waals surface area contributed by atoms with Crippen LogP contribution in [0.25, 0.3) is 0 Å². The van der Waals surface area contributed by atoms with E-state index in [1.807, 2.05) is 0 Å². The molecule has 1 fully saturated rings. The van der Waals surface area contributed by atoms with E-state index in [9.17, 15) is 0 Å². The van der Waals surface area contributed by atoms with Gasteiger partial charge in [-0.1, -0.05) is 31.2 Å². The second-order valence-corrected chi connectivity index (χ2v) is 5.52. The van der Waals surface area contributed by atoms with Gasteiger partial charge in [-0.3, -0.25) is 4.90 Å². The Bertz CT molecular complexity index is 375. The zero-order chi connectivity index (χ0) is 12.4. The molecule has 2 rings (SSSR count). The highest BCUT2D eigenvalue weighted by Crippen LogP contribution is 2.39. The molecule has 94 valence electrons. The Kier molecular flexibility index (Phi) is 3.85. The van der Waals surface area contributed by atoms with Gasteiger partial charge in [0, 0.05) is 19.1 Å². The summed E-state index contributed by atoms with van der Waals surface area (Å²) in [6.07, 6.45) is 1.38. The molecule has 3 unspecified atom stereocenters. The lowest BCUT2D eigenvalue weighted by molar-refractivity contribution is 0.236. The van der Waals surface area contributed by atoms with Gasteiger partial charge in [-0.15, -0.1) is 0 Å². The summed E-state index contributed by atoms with van der Waals surface area (Å²) in [4.78, 5) is 2.43. The molecule has 1 aromatic carbocycles. The van der Waals surface area contributed by atoms with Gasteiger partial charge in [0.15, 0.2) is 0 Å². The van der Waals surface area contributed by atoms with Crippen LogP contribution in [0.15, 0.2) is 24.3 Å². The lowest BCUT2D eigenvalue weighted by Crippen LogP contribution is -2.32. The van der Waals surface area contributed by atoms with Gasteiger partial charge in [0.25, 0.3) is 0 Å². The maximum atomic E-state index is 5.96. The van der Waals surface area contributed by atoms with Crippen LogP contribution in [-0.4, -0.2) is 25.0 Å². The van der Waals surface area contributed by atoms with Crippen molar-refractivity contribution in [2.45, 2.75) is 26.3 Å². The third kappa shape index (κ3) is 2.88. The largest absolute Gasteiger partial charge is 0.329 e. The summed E-state index contributed by atoms with van der Waals surface area (Å²) < 4.78 is 0. The van der Waals surface area contributed by atoms with Crippen LogP contribution >= 0.6 is 0 Å². The fraction of sp³-hybridized carbons (Fsp3) is 0.600. The first-order chi connectivity index (χ1) is 8.13. The summed E-state index contributed by atoms with van der Waals surface area (Å²) in [7, 11) is 2.20. The molecule has 0 bridgehead atoms. The van der Waals surface area contributed by atoms with Gasteiger partial charge in [-0.2, -0.15) is 0 Å². The Labute approximate surface area is 105 Å². The van der Waals surface area contributed by atoms with E-state index >= 15 is 0 Å². The lowest BCUT2D eigenvalue weighted by atomic mass is 10.00. The highest BCUT2D eigenvalue weighted by Gasteiger charge is 2.34. The maximum absolute atomic E-state index is 5.96. The second-order valence-electron chi connectivity index (χ2n) is 5.52. The zero-order valence-electron chi connectivity index (χ0n) is 11.2. The first-order valence-corrected chi connectivity index (χ1v) is 6.59. The van der Waals surface area contributed by atoms with Crippen LogP contribution in [0.4, 0.5) is 0 Å². The molecule has 2 nitrogen and oxygen atoms in total. The first-order valence-electron chi connectivity index (χ1n) is 6.59. The predicted molar refractivity (Wildman–Crippen MR) is 72.9 cm³/mol. The summed E-state index contributed by atoms with van der Waals surface area (Å²) in [5, 5.41) is 0. The fourth-order valence-electron chi connectivity index (χ4n) is 2.66. The minimum Gasteiger partial charge on any atom is -0.329 e. The molecule has 1 aliphatic rings. The van der Waals surface area contributed by atoms with Gasteiger partial charge in [0.2, 0.25) is 0 Å². The molecule has 1 aromatic rings. The predicted octanol–water partition coefficient (Wildman–Crippen LogP) is 2.58. The molecule has 0 aliphatic heterocycles. The van der Waals surface area contributed by atoms with Crippen LogP contribution in [0.3, 0.4) is 0 Å². The highest BCUT2D eigenvalue weighted by molar-refractivity contribution is 5.29. The van der Waals surface area contributed by atoms with Crippen molar-refractivity contribution in [2.24, 2.45) is 17.6 Å². The van der Waals surface area contributed by atoms with Gasteiger partial charge in [0.05, 0.1) is 0 Å². The Morgan fingerprint density at radius 3 is 2.59 bits per heavy atom. The molecule has 3 atom stereocenters. The highest BCUT2D eigenvalue weighted by atomic mass is 15.1. The molecule has 2 N–H and O–H groups in total. The molecule has 0 amide bonds. The van der Waals surface area contributed by atoms with Crippen molar-refractivity contribution in [1.82, 2.24) is 4.90 Å². The summed E-state index contributed by atoms with van der Waals surface area (Å²) >= 11 is 0. The molecule has 0 radical (unpaired) electrons. The average molecular weight is 232 g/mol. The smallest absolute Gasteiger partial charge is 0.0470 e. The Hall–Kier alpha value is -0.860. The molecule has 1 aliphatic carbocycles. The van der Waals surface area contributed by atoms with Crippen LogP contribution in [0, 0.1) is 18.8 Å². The van der Waals surface area contributed by atoms with E-state index in [2.05, 4.69) is 50.1 Å². The van der Waals surface area contributed by atoms with Crippen molar-refractivity contribution in [2.75, 3.05) is 20.1 Å². The number of nitrogens with two attached hydrogens (primary N) is 1. The topological polar surface area (TPSA) is 29.3 Å². The summed E-state index contributed by atoms with van der Waals surface area (Å²) in [5.74, 6) is 1.80. The van der Waals surface area contributed by atoms with E-state index < -0.39 is 0 Å². The van der Waals surface area contributed by atoms with Gasteiger partial charge in [-0.05, 0) is 43.4 Å². The summed E-state index contributed by atoms with van der Waals surface area (Å²) in [6, 6.07) is 8.95. The van der Waals surface area contributed by atoms with Crippen LogP contribution in [-0.2, 0) is 0 Å². The van der Waals surface area contributed by atoms with Crippen LogP contribution in [0.2, 0.25) is 0 Å². The number of hydrogen-bond donors (Lipinski definition) is 1. The number of rotatable bonds is 5. The van der Waals surface area contributed by atoms with Crippen molar-refractivity contribution in [1.29, 1.82) is 0 Å². The average Bonchev–Trinajstić information content (AvgIpc) is 2.98. The van der Waals surface area contributed by atoms with Crippen molar-refractivity contribution in [3.63, 3.8) is 0 Å². The van der Waals surface area contributed by atoms with E-state index in [1.165, 1.54) is 24.1 Å². The number of nitrogens with zero attached hydrogens (tertiary/aromatic N) is 1. The van der Waals surface area contributed by atoms with Crippen molar-refractivity contribution in [3.8, 4) is 0 Å². The lowest BCUT2D eigenvalue weighted by Gasteiger charge is -2.28. The third-order valence-electron chi connectivity index (χ3n) is 4.10. The van der Waals surface area contributed by atoms with Gasteiger partial charge >= 0.3 is 0 Å². The molecule has 0 saturated heterocycles. The van der Waals surface area contributed by atoms with Gasteiger partial charge in [-0.25, -0.2) is 0 Å². The summed E-state index contributed by atoms with van der Waals surface area (Å²) in [5.41, 5.74) is 8.69. The van der Waals surface area contributed by atoms with Gasteiger partial charge < -0.3 is 5.73 Å². The molecule has 0 heterocycles. The monoisotopic (exact) mass is 232 g/mol. The van der Waals surface area contributed by atoms with Crippen molar-refractivity contribution in [3.05, 3.63) is 35.4 Å². The molecule has 1 saturated carbocycles. The molecule has 2 heteroatoms. The Morgan fingerprint density at radius 2 is 2.06 bits per heavy atom. The van der Waals surface area contributed by atoms with E-state index in [4.69, 9.17) is 5.73 Å². The van der Waals surface area contributed by atoms with Crippen molar-refractivity contribution >= 4 is 0 Å². The SMILES string of the molecule is Cc1ccccc1C(CN)N(C)CC1CC1C. The number of benzene rings is 1.